The largest absolute Gasteiger partial charge is 0.379 e. The first-order valence-corrected chi connectivity index (χ1v) is 12.3. The van der Waals surface area contributed by atoms with Gasteiger partial charge in [0.1, 0.15) is 5.82 Å². The van der Waals surface area contributed by atoms with E-state index in [1.807, 2.05) is 0 Å². The van der Waals surface area contributed by atoms with Crippen LogP contribution in [0.3, 0.4) is 0 Å². The topological polar surface area (TPSA) is 96.0 Å². The molecule has 176 valence electrons. The smallest absolute Gasteiger partial charge is 0.253 e. The van der Waals surface area contributed by atoms with Crippen LogP contribution in [0.1, 0.15) is 23.2 Å². The summed E-state index contributed by atoms with van der Waals surface area (Å²) >= 11 is 0. The van der Waals surface area contributed by atoms with Gasteiger partial charge in [0.15, 0.2) is 0 Å². The van der Waals surface area contributed by atoms with E-state index in [4.69, 9.17) is 4.74 Å². The number of nitrogens with zero attached hydrogens (tertiary/aromatic N) is 2. The van der Waals surface area contributed by atoms with Crippen LogP contribution in [0, 0.1) is 11.7 Å². The molecule has 4 rings (SSSR count). The summed E-state index contributed by atoms with van der Waals surface area (Å²) in [5.74, 6) is -0.980. The van der Waals surface area contributed by atoms with Crippen molar-refractivity contribution in [3.05, 3.63) is 59.9 Å². The second-order valence-electron chi connectivity index (χ2n) is 8.10. The minimum Gasteiger partial charge on any atom is -0.379 e. The lowest BCUT2D eigenvalue weighted by Gasteiger charge is -2.31. The number of amides is 2. The van der Waals surface area contributed by atoms with Gasteiger partial charge in [-0.05, 0) is 61.4 Å². The molecule has 2 fully saturated rings. The zero-order valence-corrected chi connectivity index (χ0v) is 18.9. The molecule has 0 bridgehead atoms. The summed E-state index contributed by atoms with van der Waals surface area (Å²) in [5, 5.41) is 2.84. The Morgan fingerprint density at radius 2 is 1.52 bits per heavy atom. The number of benzene rings is 2. The number of rotatable bonds is 5. The Morgan fingerprint density at radius 1 is 0.909 bits per heavy atom. The van der Waals surface area contributed by atoms with Gasteiger partial charge in [0.25, 0.3) is 5.91 Å². The number of anilines is 1. The lowest BCUT2D eigenvalue weighted by Crippen LogP contribution is -2.41. The van der Waals surface area contributed by atoms with Gasteiger partial charge in [-0.25, -0.2) is 12.8 Å². The van der Waals surface area contributed by atoms with E-state index in [9.17, 15) is 22.4 Å². The molecule has 2 saturated heterocycles. The van der Waals surface area contributed by atoms with Crippen molar-refractivity contribution in [3.63, 3.8) is 0 Å². The third-order valence-corrected chi connectivity index (χ3v) is 7.89. The summed E-state index contributed by atoms with van der Waals surface area (Å²) in [6.45, 7) is 2.27. The zero-order chi connectivity index (χ0) is 23.4. The molecule has 33 heavy (non-hydrogen) atoms. The van der Waals surface area contributed by atoms with Crippen LogP contribution in [0.25, 0.3) is 0 Å². The van der Waals surface area contributed by atoms with Crippen molar-refractivity contribution in [2.24, 2.45) is 5.92 Å². The van der Waals surface area contributed by atoms with Gasteiger partial charge >= 0.3 is 0 Å². The molecular formula is C23H26FN3O5S. The minimum atomic E-state index is -3.59. The highest BCUT2D eigenvalue weighted by atomic mass is 32.2. The van der Waals surface area contributed by atoms with E-state index in [1.165, 1.54) is 40.7 Å². The van der Waals surface area contributed by atoms with Crippen LogP contribution in [0.5, 0.6) is 0 Å². The normalized spacial score (nSPS) is 18.2. The molecule has 0 aromatic heterocycles. The third-order valence-electron chi connectivity index (χ3n) is 5.97. The molecule has 0 saturated carbocycles. The summed E-state index contributed by atoms with van der Waals surface area (Å²) in [4.78, 5) is 27.1. The maximum atomic E-state index is 13.1. The van der Waals surface area contributed by atoms with Gasteiger partial charge in [0, 0.05) is 43.3 Å². The Balaban J connectivity index is 1.31. The molecule has 0 radical (unpaired) electrons. The quantitative estimate of drug-likeness (QED) is 0.716. The number of likely N-dealkylation sites (tertiary alicyclic amines) is 1. The first kappa shape index (κ1) is 23.3. The van der Waals surface area contributed by atoms with E-state index in [2.05, 4.69) is 5.32 Å². The maximum absolute atomic E-state index is 13.1. The van der Waals surface area contributed by atoms with Crippen molar-refractivity contribution < 1.29 is 27.1 Å². The Bertz CT molecular complexity index is 1090. The maximum Gasteiger partial charge on any atom is 0.253 e. The molecule has 1 N–H and O–H groups in total. The molecule has 2 amide bonds. The van der Waals surface area contributed by atoms with Crippen molar-refractivity contribution in [2.45, 2.75) is 17.7 Å². The van der Waals surface area contributed by atoms with Crippen LogP contribution in [0.2, 0.25) is 0 Å². The third kappa shape index (κ3) is 5.40. The van der Waals surface area contributed by atoms with Crippen LogP contribution < -0.4 is 5.32 Å². The Hall–Kier alpha value is -2.82. The summed E-state index contributed by atoms with van der Waals surface area (Å²) in [5.41, 5.74) is 0.942. The summed E-state index contributed by atoms with van der Waals surface area (Å²) < 4.78 is 45.1. The highest BCUT2D eigenvalue weighted by Crippen LogP contribution is 2.23. The number of piperidine rings is 1. The van der Waals surface area contributed by atoms with E-state index >= 15 is 0 Å². The second kappa shape index (κ2) is 9.98. The molecule has 0 aliphatic carbocycles. The molecule has 2 aliphatic rings. The molecule has 0 atom stereocenters. The van der Waals surface area contributed by atoms with Crippen molar-refractivity contribution in [2.75, 3.05) is 44.7 Å². The number of morpholine rings is 1. The monoisotopic (exact) mass is 475 g/mol. The molecule has 10 heteroatoms. The fourth-order valence-corrected chi connectivity index (χ4v) is 5.42. The molecule has 2 heterocycles. The Morgan fingerprint density at radius 3 is 2.12 bits per heavy atom. The van der Waals surface area contributed by atoms with Crippen molar-refractivity contribution >= 4 is 27.5 Å². The van der Waals surface area contributed by atoms with E-state index < -0.39 is 15.8 Å². The number of hydrogen-bond acceptors (Lipinski definition) is 5. The molecule has 2 aromatic carbocycles. The number of carbonyl (C=O) groups is 2. The van der Waals surface area contributed by atoms with Crippen molar-refractivity contribution in [3.8, 4) is 0 Å². The van der Waals surface area contributed by atoms with Gasteiger partial charge in [-0.2, -0.15) is 4.31 Å². The van der Waals surface area contributed by atoms with Gasteiger partial charge in [-0.3, -0.25) is 9.59 Å². The van der Waals surface area contributed by atoms with Crippen molar-refractivity contribution in [1.82, 2.24) is 9.21 Å². The van der Waals surface area contributed by atoms with Crippen molar-refractivity contribution in [1.29, 1.82) is 0 Å². The van der Waals surface area contributed by atoms with Crippen LogP contribution in [-0.2, 0) is 19.6 Å². The number of halogens is 1. The first-order valence-electron chi connectivity index (χ1n) is 10.9. The lowest BCUT2D eigenvalue weighted by molar-refractivity contribution is -0.121. The van der Waals surface area contributed by atoms with E-state index in [1.54, 1.807) is 17.0 Å². The SMILES string of the molecule is O=C(Nc1ccc(S(=O)(=O)N2CCOCC2)cc1)C1CCN(C(=O)c2ccc(F)cc2)CC1. The van der Waals surface area contributed by atoms with E-state index in [0.29, 0.717) is 63.5 Å². The number of sulfonamides is 1. The predicted molar refractivity (Wildman–Crippen MR) is 120 cm³/mol. The highest BCUT2D eigenvalue weighted by Gasteiger charge is 2.29. The van der Waals surface area contributed by atoms with Crippen LogP contribution >= 0.6 is 0 Å². The molecule has 2 aliphatic heterocycles. The summed E-state index contributed by atoms with van der Waals surface area (Å²) in [6, 6.07) is 11.6. The second-order valence-corrected chi connectivity index (χ2v) is 10.0. The van der Waals surface area contributed by atoms with Crippen LogP contribution in [0.4, 0.5) is 10.1 Å². The number of hydrogen-bond donors (Lipinski definition) is 1. The average molecular weight is 476 g/mol. The van der Waals surface area contributed by atoms with Gasteiger partial charge in [0.05, 0.1) is 18.1 Å². The number of ether oxygens (including phenoxy) is 1. The molecule has 8 nitrogen and oxygen atoms in total. The predicted octanol–water partition coefficient (Wildman–Crippen LogP) is 2.34. The van der Waals surface area contributed by atoms with Gasteiger partial charge in [-0.1, -0.05) is 0 Å². The highest BCUT2D eigenvalue weighted by molar-refractivity contribution is 7.89. The van der Waals surface area contributed by atoms with E-state index in [0.717, 1.165) is 0 Å². The fourth-order valence-electron chi connectivity index (χ4n) is 4.01. The zero-order valence-electron chi connectivity index (χ0n) is 18.1. The van der Waals surface area contributed by atoms with Crippen LogP contribution in [-0.4, -0.2) is 68.8 Å². The minimum absolute atomic E-state index is 0.160. The van der Waals surface area contributed by atoms with Gasteiger partial charge in [-0.15, -0.1) is 0 Å². The number of nitrogens with one attached hydrogen (secondary N) is 1. The Kier molecular flexibility index (Phi) is 7.06. The standard InChI is InChI=1S/C23H26FN3O5S/c24-19-3-1-18(2-4-19)23(29)26-11-9-17(10-12-26)22(28)25-20-5-7-21(8-6-20)33(30,31)27-13-15-32-16-14-27/h1-8,17H,9-16H2,(H,25,28). The first-order chi connectivity index (χ1) is 15.8. The number of carbonyl (C=O) groups excluding carboxylic acids is 2. The van der Waals surface area contributed by atoms with Crippen LogP contribution in [0.15, 0.2) is 53.4 Å². The van der Waals surface area contributed by atoms with E-state index in [-0.39, 0.29) is 22.6 Å². The molecular weight excluding hydrogens is 449 g/mol. The summed E-state index contributed by atoms with van der Waals surface area (Å²) in [6.07, 6.45) is 1.03. The Labute approximate surface area is 192 Å². The lowest BCUT2D eigenvalue weighted by atomic mass is 9.95. The summed E-state index contributed by atoms with van der Waals surface area (Å²) in [7, 11) is -3.59. The molecule has 0 unspecified atom stereocenters. The average Bonchev–Trinajstić information content (AvgIpc) is 2.85. The fraction of sp³-hybridized carbons (Fsp3) is 0.391. The van der Waals surface area contributed by atoms with Gasteiger partial charge in [0.2, 0.25) is 15.9 Å². The molecule has 2 aromatic rings. The molecule has 0 spiro atoms. The van der Waals surface area contributed by atoms with Gasteiger partial charge < -0.3 is 15.0 Å².